The zero-order valence-corrected chi connectivity index (χ0v) is 9.51. The van der Waals surface area contributed by atoms with Crippen molar-refractivity contribution in [3.8, 4) is 0 Å². The highest BCUT2D eigenvalue weighted by molar-refractivity contribution is 6.30. The maximum atomic E-state index is 11.0. The topological polar surface area (TPSA) is 44.1 Å². The summed E-state index contributed by atoms with van der Waals surface area (Å²) in [5.41, 5.74) is 0.908. The van der Waals surface area contributed by atoms with Crippen LogP contribution in [0.15, 0.2) is 12.5 Å². The van der Waals surface area contributed by atoms with Gasteiger partial charge < -0.3 is 9.30 Å². The molecule has 1 atom stereocenters. The fourth-order valence-electron chi connectivity index (χ4n) is 0.976. The Bertz CT molecular complexity index is 301. The summed E-state index contributed by atoms with van der Waals surface area (Å²) in [6.07, 6.45) is 3.78. The van der Waals surface area contributed by atoms with Gasteiger partial charge >= 0.3 is 5.97 Å². The Labute approximate surface area is 93.6 Å². The lowest BCUT2D eigenvalue weighted by atomic mass is 10.2. The molecule has 14 heavy (non-hydrogen) atoms. The maximum Gasteiger partial charge on any atom is 0.324 e. The fourth-order valence-corrected chi connectivity index (χ4v) is 1.22. The molecule has 0 aromatic carbocycles. The summed E-state index contributed by atoms with van der Waals surface area (Å²) >= 11 is 5.78. The molecule has 0 amide bonds. The van der Waals surface area contributed by atoms with Crippen molar-refractivity contribution in [2.45, 2.75) is 11.8 Å². The van der Waals surface area contributed by atoms with Crippen LogP contribution in [-0.4, -0.2) is 28.0 Å². The number of nitrogens with zero attached hydrogens (tertiary/aromatic N) is 2. The van der Waals surface area contributed by atoms with Gasteiger partial charge in [0.05, 0.1) is 13.4 Å². The normalized spacial score (nSPS) is 11.6. The van der Waals surface area contributed by atoms with Crippen LogP contribution in [0, 0.1) is 0 Å². The third kappa shape index (κ3) is 3.20. The second-order valence-electron chi connectivity index (χ2n) is 2.69. The van der Waals surface area contributed by atoms with E-state index in [0.717, 1.165) is 5.69 Å². The first-order valence-electron chi connectivity index (χ1n) is 3.82. The average molecular weight is 239 g/mol. The molecular formula is C8H12Cl2N2O2. The number of carbonyl (C=O) groups excluding carboxylic acids is 1. The van der Waals surface area contributed by atoms with Crippen molar-refractivity contribution >= 4 is 30.0 Å². The van der Waals surface area contributed by atoms with Crippen molar-refractivity contribution in [3.63, 3.8) is 0 Å². The number of alkyl halides is 1. The molecule has 0 spiro atoms. The molecule has 0 saturated heterocycles. The van der Waals surface area contributed by atoms with Crippen LogP contribution in [-0.2, 0) is 23.0 Å². The highest BCUT2D eigenvalue weighted by Gasteiger charge is 2.17. The van der Waals surface area contributed by atoms with E-state index in [4.69, 9.17) is 11.6 Å². The van der Waals surface area contributed by atoms with E-state index in [1.165, 1.54) is 7.11 Å². The minimum Gasteiger partial charge on any atom is -0.468 e. The Hall–Kier alpha value is -0.740. The zero-order valence-electron chi connectivity index (χ0n) is 7.94. The van der Waals surface area contributed by atoms with Crippen LogP contribution >= 0.6 is 24.0 Å². The van der Waals surface area contributed by atoms with E-state index < -0.39 is 11.3 Å². The molecule has 1 heterocycles. The Morgan fingerprint density at radius 1 is 1.79 bits per heavy atom. The van der Waals surface area contributed by atoms with E-state index in [1.807, 2.05) is 11.6 Å². The Balaban J connectivity index is 0.00000169. The summed E-state index contributed by atoms with van der Waals surface area (Å²) in [6.45, 7) is 0. The zero-order chi connectivity index (χ0) is 9.84. The van der Waals surface area contributed by atoms with E-state index in [-0.39, 0.29) is 12.4 Å². The number of hydrogen-bond donors (Lipinski definition) is 0. The van der Waals surface area contributed by atoms with Crippen molar-refractivity contribution in [1.82, 2.24) is 9.55 Å². The molecule has 0 bridgehead atoms. The Morgan fingerprint density at radius 2 is 2.43 bits per heavy atom. The summed E-state index contributed by atoms with van der Waals surface area (Å²) in [5.74, 6) is -0.414. The molecule has 0 N–H and O–H groups in total. The van der Waals surface area contributed by atoms with Crippen molar-refractivity contribution in [2.24, 2.45) is 7.05 Å². The van der Waals surface area contributed by atoms with E-state index in [1.54, 1.807) is 12.5 Å². The van der Waals surface area contributed by atoms with Crippen molar-refractivity contribution < 1.29 is 9.53 Å². The number of aromatic nitrogens is 2. The molecule has 1 rings (SSSR count). The number of hydrogen-bond acceptors (Lipinski definition) is 3. The third-order valence-corrected chi connectivity index (χ3v) is 2.09. The molecular weight excluding hydrogens is 227 g/mol. The average Bonchev–Trinajstić information content (AvgIpc) is 2.50. The van der Waals surface area contributed by atoms with Crippen molar-refractivity contribution in [3.05, 3.63) is 18.2 Å². The number of aryl methyl sites for hydroxylation is 1. The molecule has 0 aliphatic rings. The minimum absolute atomic E-state index is 0. The summed E-state index contributed by atoms with van der Waals surface area (Å²) in [6, 6.07) is 0. The van der Waals surface area contributed by atoms with E-state index in [2.05, 4.69) is 9.72 Å². The van der Waals surface area contributed by atoms with Crippen LogP contribution in [0.5, 0.6) is 0 Å². The monoisotopic (exact) mass is 238 g/mol. The van der Waals surface area contributed by atoms with Gasteiger partial charge in [-0.15, -0.1) is 24.0 Å². The lowest BCUT2D eigenvalue weighted by Crippen LogP contribution is -2.19. The number of carbonyl (C=O) groups is 1. The van der Waals surface area contributed by atoms with Gasteiger partial charge in [-0.2, -0.15) is 0 Å². The van der Waals surface area contributed by atoms with Crippen LogP contribution in [0.1, 0.15) is 5.69 Å². The second-order valence-corrected chi connectivity index (χ2v) is 3.22. The summed E-state index contributed by atoms with van der Waals surface area (Å²) in [5, 5.41) is -0.639. The number of imidazole rings is 1. The van der Waals surface area contributed by atoms with Crippen LogP contribution in [0.3, 0.4) is 0 Å². The number of ether oxygens (including phenoxy) is 1. The number of halogens is 2. The quantitative estimate of drug-likeness (QED) is 0.587. The van der Waals surface area contributed by atoms with E-state index in [0.29, 0.717) is 6.42 Å². The number of esters is 1. The van der Waals surface area contributed by atoms with Gasteiger partial charge in [0.1, 0.15) is 5.38 Å². The van der Waals surface area contributed by atoms with Crippen LogP contribution < -0.4 is 0 Å². The molecule has 6 heteroatoms. The highest BCUT2D eigenvalue weighted by Crippen LogP contribution is 2.08. The fraction of sp³-hybridized carbons (Fsp3) is 0.500. The summed E-state index contributed by atoms with van der Waals surface area (Å²) in [7, 11) is 3.17. The lowest BCUT2D eigenvalue weighted by molar-refractivity contribution is -0.140. The van der Waals surface area contributed by atoms with Gasteiger partial charge in [-0.25, -0.2) is 4.98 Å². The van der Waals surface area contributed by atoms with Gasteiger partial charge in [0.15, 0.2) is 0 Å². The van der Waals surface area contributed by atoms with Crippen LogP contribution in [0.25, 0.3) is 0 Å². The number of methoxy groups -OCH3 is 1. The van der Waals surface area contributed by atoms with Crippen LogP contribution in [0.4, 0.5) is 0 Å². The van der Waals surface area contributed by atoms with Gasteiger partial charge in [-0.05, 0) is 0 Å². The second kappa shape index (κ2) is 5.88. The van der Waals surface area contributed by atoms with Crippen molar-refractivity contribution in [2.75, 3.05) is 7.11 Å². The molecule has 0 aliphatic heterocycles. The predicted octanol–water partition coefficient (Wildman–Crippen LogP) is 1.16. The first kappa shape index (κ1) is 13.3. The van der Waals surface area contributed by atoms with Crippen molar-refractivity contribution in [1.29, 1.82) is 0 Å². The summed E-state index contributed by atoms with van der Waals surface area (Å²) in [4.78, 5) is 14.9. The predicted molar refractivity (Wildman–Crippen MR) is 55.8 cm³/mol. The Kier molecular flexibility index (Phi) is 5.57. The molecule has 80 valence electrons. The first-order valence-corrected chi connectivity index (χ1v) is 4.26. The van der Waals surface area contributed by atoms with Crippen LogP contribution in [0.2, 0.25) is 0 Å². The summed E-state index contributed by atoms with van der Waals surface area (Å²) < 4.78 is 6.32. The highest BCUT2D eigenvalue weighted by atomic mass is 35.5. The van der Waals surface area contributed by atoms with Gasteiger partial charge in [0.2, 0.25) is 0 Å². The maximum absolute atomic E-state index is 11.0. The van der Waals surface area contributed by atoms with E-state index in [9.17, 15) is 4.79 Å². The molecule has 4 nitrogen and oxygen atoms in total. The van der Waals surface area contributed by atoms with Gasteiger partial charge in [0.25, 0.3) is 0 Å². The first-order chi connectivity index (χ1) is 6.15. The molecule has 0 saturated carbocycles. The molecule has 0 aliphatic carbocycles. The minimum atomic E-state index is -0.639. The number of rotatable bonds is 3. The molecule has 0 unspecified atom stereocenters. The van der Waals surface area contributed by atoms with Gasteiger partial charge in [-0.1, -0.05) is 0 Å². The van der Waals surface area contributed by atoms with Gasteiger partial charge in [-0.3, -0.25) is 4.79 Å². The lowest BCUT2D eigenvalue weighted by Gasteiger charge is -2.06. The SMILES string of the molecule is COC(=O)[C@@H](Cl)Cc1cncn1C.Cl. The molecule has 0 fully saturated rings. The van der Waals surface area contributed by atoms with Gasteiger partial charge in [0, 0.05) is 25.4 Å². The smallest absolute Gasteiger partial charge is 0.324 e. The Morgan fingerprint density at radius 3 is 2.86 bits per heavy atom. The third-order valence-electron chi connectivity index (χ3n) is 1.76. The molecule has 1 aromatic rings. The standard InChI is InChI=1S/C8H11ClN2O2.ClH/c1-11-5-10-4-6(11)3-7(9)8(12)13-2;/h4-5,7H,3H2,1-2H3;1H/t7-;/m0./s1. The largest absolute Gasteiger partial charge is 0.468 e. The van der Waals surface area contributed by atoms with E-state index >= 15 is 0 Å². The molecule has 1 aromatic heterocycles. The molecule has 0 radical (unpaired) electrons.